The number of fused-ring (bicyclic) bond motifs is 2. The fourth-order valence-corrected chi connectivity index (χ4v) is 4.26. The predicted octanol–water partition coefficient (Wildman–Crippen LogP) is 4.12. The number of furan rings is 1. The molecule has 2 aliphatic rings. The van der Waals surface area contributed by atoms with Gasteiger partial charge in [-0.25, -0.2) is 0 Å². The molecule has 2 N–H and O–H groups in total. The first-order chi connectivity index (χ1) is 15.6. The number of H-pyrrole nitrogens is 1. The van der Waals surface area contributed by atoms with Crippen molar-refractivity contribution in [3.8, 4) is 11.5 Å². The van der Waals surface area contributed by atoms with Gasteiger partial charge in [-0.1, -0.05) is 18.2 Å². The van der Waals surface area contributed by atoms with Crippen molar-refractivity contribution in [1.82, 2.24) is 4.98 Å². The van der Waals surface area contributed by atoms with Crippen LogP contribution in [-0.4, -0.2) is 28.6 Å². The van der Waals surface area contributed by atoms with Crippen LogP contribution in [0.3, 0.4) is 0 Å². The highest BCUT2D eigenvalue weighted by Crippen LogP contribution is 2.45. The molecule has 8 heteroatoms. The largest absolute Gasteiger partial charge is 0.507 e. The molecule has 4 heterocycles. The number of aliphatic hydroxyl groups excluding tert-OH is 1. The molecule has 0 bridgehead atoms. The average Bonchev–Trinajstić information content (AvgIpc) is 3.60. The number of carbonyl (C=O) groups excluding carboxylic acids is 2. The maximum absolute atomic E-state index is 13.2. The molecule has 0 spiro atoms. The fourth-order valence-electron chi connectivity index (χ4n) is 4.26. The molecule has 2 aromatic heterocycles. The van der Waals surface area contributed by atoms with Crippen molar-refractivity contribution < 1.29 is 28.6 Å². The Labute approximate surface area is 181 Å². The Bertz CT molecular complexity index is 1420. The summed E-state index contributed by atoms with van der Waals surface area (Å²) in [5, 5.41) is 12.0. The Morgan fingerprint density at radius 2 is 1.88 bits per heavy atom. The zero-order valence-corrected chi connectivity index (χ0v) is 16.6. The van der Waals surface area contributed by atoms with Crippen LogP contribution in [-0.2, 0) is 9.59 Å². The van der Waals surface area contributed by atoms with Crippen molar-refractivity contribution in [2.45, 2.75) is 6.04 Å². The van der Waals surface area contributed by atoms with Gasteiger partial charge in [0.1, 0.15) is 17.6 Å². The van der Waals surface area contributed by atoms with Crippen molar-refractivity contribution in [1.29, 1.82) is 0 Å². The summed E-state index contributed by atoms with van der Waals surface area (Å²) < 4.78 is 16.4. The van der Waals surface area contributed by atoms with Crippen LogP contribution in [0.4, 0.5) is 5.69 Å². The number of aromatic amines is 1. The minimum Gasteiger partial charge on any atom is -0.507 e. The quantitative estimate of drug-likeness (QED) is 0.289. The van der Waals surface area contributed by atoms with Crippen molar-refractivity contribution >= 4 is 34.0 Å². The summed E-state index contributed by atoms with van der Waals surface area (Å²) in [5.74, 6) is -0.467. The van der Waals surface area contributed by atoms with E-state index in [0.717, 1.165) is 10.9 Å². The van der Waals surface area contributed by atoms with Gasteiger partial charge in [0.05, 0.1) is 11.8 Å². The SMILES string of the molecule is O=C1C(=O)N(c2ccc3c(c2)OCO3)C(c2ccco2)/C1=C(/O)c1c[nH]c2ccccc12. The molecule has 6 rings (SSSR count). The number of para-hydroxylation sites is 1. The van der Waals surface area contributed by atoms with E-state index in [9.17, 15) is 14.7 Å². The maximum Gasteiger partial charge on any atom is 0.300 e. The number of benzene rings is 2. The molecule has 1 saturated heterocycles. The van der Waals surface area contributed by atoms with Crippen molar-refractivity contribution in [3.05, 3.63) is 84.0 Å². The van der Waals surface area contributed by atoms with E-state index in [1.165, 1.54) is 11.2 Å². The molecule has 0 saturated carbocycles. The molecule has 2 aliphatic heterocycles. The number of nitrogens with zero attached hydrogens (tertiary/aromatic N) is 1. The first kappa shape index (κ1) is 18.3. The summed E-state index contributed by atoms with van der Waals surface area (Å²) in [7, 11) is 0. The molecule has 1 fully saturated rings. The molecule has 1 amide bonds. The van der Waals surface area contributed by atoms with Gasteiger partial charge in [-0.3, -0.25) is 14.5 Å². The van der Waals surface area contributed by atoms with Gasteiger partial charge < -0.3 is 24.0 Å². The van der Waals surface area contributed by atoms with E-state index >= 15 is 0 Å². The number of Topliss-reactive ketones (excluding diaryl/α,β-unsaturated/α-hetero) is 1. The van der Waals surface area contributed by atoms with E-state index in [0.29, 0.717) is 28.5 Å². The van der Waals surface area contributed by atoms with Crippen molar-refractivity contribution in [3.63, 3.8) is 0 Å². The molecule has 32 heavy (non-hydrogen) atoms. The van der Waals surface area contributed by atoms with E-state index in [2.05, 4.69) is 4.98 Å². The number of ether oxygens (including phenoxy) is 2. The zero-order valence-electron chi connectivity index (χ0n) is 16.6. The van der Waals surface area contributed by atoms with E-state index in [1.807, 2.05) is 24.3 Å². The third-order valence-corrected chi connectivity index (χ3v) is 5.74. The molecule has 0 radical (unpaired) electrons. The van der Waals surface area contributed by atoms with Gasteiger partial charge in [0, 0.05) is 34.4 Å². The lowest BCUT2D eigenvalue weighted by atomic mass is 9.99. The lowest BCUT2D eigenvalue weighted by molar-refractivity contribution is -0.132. The Balaban J connectivity index is 1.56. The number of anilines is 1. The lowest BCUT2D eigenvalue weighted by Gasteiger charge is -2.23. The number of aliphatic hydroxyl groups is 1. The van der Waals surface area contributed by atoms with Crippen LogP contribution in [0.15, 0.2) is 77.0 Å². The summed E-state index contributed by atoms with van der Waals surface area (Å²) >= 11 is 0. The van der Waals surface area contributed by atoms with Crippen LogP contribution in [0.1, 0.15) is 17.4 Å². The molecule has 0 aliphatic carbocycles. The normalized spacial score (nSPS) is 19.2. The summed E-state index contributed by atoms with van der Waals surface area (Å²) in [4.78, 5) is 30.7. The van der Waals surface area contributed by atoms with Crippen LogP contribution in [0.25, 0.3) is 16.7 Å². The Morgan fingerprint density at radius 1 is 1.03 bits per heavy atom. The second-order valence-corrected chi connectivity index (χ2v) is 7.47. The van der Waals surface area contributed by atoms with Gasteiger partial charge in [0.25, 0.3) is 11.7 Å². The lowest BCUT2D eigenvalue weighted by Crippen LogP contribution is -2.29. The Morgan fingerprint density at radius 3 is 2.72 bits per heavy atom. The highest BCUT2D eigenvalue weighted by molar-refractivity contribution is 6.51. The van der Waals surface area contributed by atoms with Gasteiger partial charge in [-0.2, -0.15) is 0 Å². The first-order valence-corrected chi connectivity index (χ1v) is 9.94. The minimum absolute atomic E-state index is 0.0487. The maximum atomic E-state index is 13.2. The number of hydrogen-bond acceptors (Lipinski definition) is 6. The molecule has 8 nitrogen and oxygen atoms in total. The van der Waals surface area contributed by atoms with Gasteiger partial charge in [-0.15, -0.1) is 0 Å². The number of carbonyl (C=O) groups is 2. The predicted molar refractivity (Wildman–Crippen MR) is 114 cm³/mol. The smallest absolute Gasteiger partial charge is 0.300 e. The van der Waals surface area contributed by atoms with Crippen LogP contribution >= 0.6 is 0 Å². The number of amides is 1. The minimum atomic E-state index is -0.945. The van der Waals surface area contributed by atoms with E-state index in [4.69, 9.17) is 13.9 Å². The third-order valence-electron chi connectivity index (χ3n) is 5.74. The van der Waals surface area contributed by atoms with Gasteiger partial charge >= 0.3 is 0 Å². The summed E-state index contributed by atoms with van der Waals surface area (Å²) in [6, 6.07) is 14.8. The van der Waals surface area contributed by atoms with Gasteiger partial charge in [0.2, 0.25) is 6.79 Å². The standard InChI is InChI=1S/C24H16N2O6/c27-22(15-11-25-16-5-2-1-4-14(15)16)20-21(18-6-3-9-30-18)26(24(29)23(20)28)13-7-8-17-19(10-13)32-12-31-17/h1-11,21,25,27H,12H2/b22-20-. The number of hydrogen-bond donors (Lipinski definition) is 2. The second kappa shape index (κ2) is 6.78. The second-order valence-electron chi connectivity index (χ2n) is 7.47. The molecular formula is C24H16N2O6. The number of aromatic nitrogens is 1. The van der Waals surface area contributed by atoms with Crippen molar-refractivity contribution in [2.75, 3.05) is 11.7 Å². The van der Waals surface area contributed by atoms with E-state index < -0.39 is 17.7 Å². The molecule has 4 aromatic rings. The van der Waals surface area contributed by atoms with Crippen LogP contribution in [0.2, 0.25) is 0 Å². The zero-order chi connectivity index (χ0) is 21.8. The summed E-state index contributed by atoms with van der Waals surface area (Å²) in [6.45, 7) is 0.0831. The highest BCUT2D eigenvalue weighted by Gasteiger charge is 2.48. The monoisotopic (exact) mass is 428 g/mol. The molecule has 1 unspecified atom stereocenters. The summed E-state index contributed by atoms with van der Waals surface area (Å²) in [6.07, 6.45) is 3.08. The number of nitrogens with one attached hydrogen (secondary N) is 1. The summed E-state index contributed by atoms with van der Waals surface area (Å²) in [5.41, 5.74) is 1.61. The molecule has 1 atom stereocenters. The highest BCUT2D eigenvalue weighted by atomic mass is 16.7. The molecule has 2 aromatic carbocycles. The van der Waals surface area contributed by atoms with Crippen molar-refractivity contribution in [2.24, 2.45) is 0 Å². The average molecular weight is 428 g/mol. The first-order valence-electron chi connectivity index (χ1n) is 9.94. The number of rotatable bonds is 3. The van der Waals surface area contributed by atoms with Crippen LogP contribution in [0, 0.1) is 0 Å². The number of ketones is 1. The molecule has 158 valence electrons. The third kappa shape index (κ3) is 2.56. The van der Waals surface area contributed by atoms with Gasteiger partial charge in [-0.05, 0) is 30.3 Å². The van der Waals surface area contributed by atoms with Crippen LogP contribution in [0.5, 0.6) is 11.5 Å². The topological polar surface area (TPSA) is 105 Å². The Kier molecular flexibility index (Phi) is 3.88. The van der Waals surface area contributed by atoms with E-state index in [1.54, 1.807) is 36.5 Å². The Hall–Kier alpha value is -4.46. The van der Waals surface area contributed by atoms with E-state index in [-0.39, 0.29) is 18.1 Å². The van der Waals surface area contributed by atoms with Gasteiger partial charge in [0.15, 0.2) is 11.5 Å². The fraction of sp³-hybridized carbons (Fsp3) is 0.0833. The molecular weight excluding hydrogens is 412 g/mol. The van der Waals surface area contributed by atoms with Crippen LogP contribution < -0.4 is 14.4 Å².